The second-order valence-electron chi connectivity index (χ2n) is 8.77. The Morgan fingerprint density at radius 3 is 2.89 bits per heavy atom. The molecule has 0 aliphatic carbocycles. The highest BCUT2D eigenvalue weighted by molar-refractivity contribution is 6.12. The molecule has 1 fully saturated rings. The van der Waals surface area contributed by atoms with E-state index in [1.165, 1.54) is 6.20 Å². The quantitative estimate of drug-likeness (QED) is 0.407. The van der Waals surface area contributed by atoms with Gasteiger partial charge in [-0.3, -0.25) is 14.2 Å². The van der Waals surface area contributed by atoms with Crippen molar-refractivity contribution in [3.8, 4) is 17.0 Å². The lowest BCUT2D eigenvalue weighted by molar-refractivity contribution is -0.00710. The normalized spacial score (nSPS) is 19.1. The van der Waals surface area contributed by atoms with Crippen LogP contribution in [0, 0.1) is 0 Å². The largest absolute Gasteiger partial charge is 0.494 e. The average Bonchev–Trinajstić information content (AvgIpc) is 3.49. The van der Waals surface area contributed by atoms with Crippen LogP contribution in [-0.4, -0.2) is 57.4 Å². The molecule has 11 nitrogen and oxygen atoms in total. The summed E-state index contributed by atoms with van der Waals surface area (Å²) in [6.45, 7) is 2.65. The number of methoxy groups -OCH3 is 1. The fraction of sp³-hybridized carbons (Fsp3) is 0.400. The minimum Gasteiger partial charge on any atom is -0.494 e. The van der Waals surface area contributed by atoms with Gasteiger partial charge in [-0.15, -0.1) is 0 Å². The number of aromatic nitrogens is 5. The van der Waals surface area contributed by atoms with Crippen LogP contribution in [0.3, 0.4) is 0 Å². The fourth-order valence-corrected chi connectivity index (χ4v) is 4.81. The Bertz CT molecular complexity index is 1550. The van der Waals surface area contributed by atoms with Crippen molar-refractivity contribution in [2.45, 2.75) is 38.3 Å². The summed E-state index contributed by atoms with van der Waals surface area (Å²) >= 11 is 0. The van der Waals surface area contributed by atoms with E-state index in [4.69, 9.17) is 24.6 Å². The van der Waals surface area contributed by atoms with Crippen LogP contribution < -0.4 is 16.2 Å². The SMILES string of the molecule is CC[C@H]1C[C@@H](n2c(=O)nc(-c3cnn(C)c3)c3oc4cc(OC)c(C(C=NC)=CN)nc4c32)CCO1. The van der Waals surface area contributed by atoms with Crippen molar-refractivity contribution in [2.24, 2.45) is 17.8 Å². The number of aryl methyl sites for hydroxylation is 1. The molecule has 0 amide bonds. The Balaban J connectivity index is 1.87. The molecule has 1 aliphatic rings. The van der Waals surface area contributed by atoms with Gasteiger partial charge in [0, 0.05) is 62.6 Å². The van der Waals surface area contributed by atoms with Gasteiger partial charge in [0.2, 0.25) is 0 Å². The Morgan fingerprint density at radius 2 is 2.22 bits per heavy atom. The Hall–Kier alpha value is -3.99. The molecule has 5 rings (SSSR count). The van der Waals surface area contributed by atoms with Gasteiger partial charge in [-0.2, -0.15) is 10.1 Å². The number of furan rings is 1. The summed E-state index contributed by atoms with van der Waals surface area (Å²) in [4.78, 5) is 27.1. The maximum absolute atomic E-state index is 13.6. The number of pyridine rings is 1. The third-order valence-electron chi connectivity index (χ3n) is 6.55. The molecule has 36 heavy (non-hydrogen) atoms. The Morgan fingerprint density at radius 1 is 1.39 bits per heavy atom. The topological polar surface area (TPSA) is 136 Å². The summed E-state index contributed by atoms with van der Waals surface area (Å²) in [6, 6.07) is 1.65. The van der Waals surface area contributed by atoms with E-state index < -0.39 is 0 Å². The summed E-state index contributed by atoms with van der Waals surface area (Å²) in [5.41, 5.74) is 9.74. The number of hydrogen-bond acceptors (Lipinski definition) is 9. The summed E-state index contributed by atoms with van der Waals surface area (Å²) < 4.78 is 21.2. The van der Waals surface area contributed by atoms with Gasteiger partial charge in [0.1, 0.15) is 28.2 Å². The van der Waals surface area contributed by atoms with Crippen LogP contribution in [0.1, 0.15) is 37.9 Å². The molecular weight excluding hydrogens is 462 g/mol. The lowest BCUT2D eigenvalue weighted by Gasteiger charge is -2.30. The number of rotatable bonds is 6. The zero-order valence-electron chi connectivity index (χ0n) is 20.8. The van der Waals surface area contributed by atoms with E-state index in [0.717, 1.165) is 6.42 Å². The van der Waals surface area contributed by atoms with Crippen molar-refractivity contribution < 1.29 is 13.9 Å². The molecule has 1 aliphatic heterocycles. The second kappa shape index (κ2) is 9.57. The van der Waals surface area contributed by atoms with Crippen LogP contribution in [0.5, 0.6) is 5.75 Å². The van der Waals surface area contributed by atoms with Crippen molar-refractivity contribution in [3.63, 3.8) is 0 Å². The highest BCUT2D eigenvalue weighted by Gasteiger charge is 2.30. The monoisotopic (exact) mass is 491 g/mol. The van der Waals surface area contributed by atoms with Crippen molar-refractivity contribution in [1.82, 2.24) is 24.3 Å². The Kier molecular flexibility index (Phi) is 6.31. The number of fused-ring (bicyclic) bond motifs is 3. The smallest absolute Gasteiger partial charge is 0.349 e. The van der Waals surface area contributed by atoms with Gasteiger partial charge in [0.15, 0.2) is 11.2 Å². The van der Waals surface area contributed by atoms with E-state index in [1.54, 1.807) is 48.1 Å². The molecule has 5 heterocycles. The summed E-state index contributed by atoms with van der Waals surface area (Å²) in [5, 5.41) is 4.25. The number of nitrogens with two attached hydrogens (primary N) is 1. The van der Waals surface area contributed by atoms with E-state index >= 15 is 0 Å². The van der Waals surface area contributed by atoms with Crippen LogP contribution in [0.15, 0.2) is 38.9 Å². The maximum atomic E-state index is 13.6. The average molecular weight is 492 g/mol. The van der Waals surface area contributed by atoms with Crippen molar-refractivity contribution >= 4 is 34.0 Å². The molecule has 0 spiro atoms. The molecule has 0 aromatic carbocycles. The summed E-state index contributed by atoms with van der Waals surface area (Å²) in [6.07, 6.45) is 8.81. The molecule has 1 saturated heterocycles. The summed E-state index contributed by atoms with van der Waals surface area (Å²) in [5.74, 6) is 0.472. The maximum Gasteiger partial charge on any atom is 0.349 e. The van der Waals surface area contributed by atoms with Crippen LogP contribution in [0.25, 0.3) is 39.0 Å². The van der Waals surface area contributed by atoms with Gasteiger partial charge in [0.05, 0.1) is 19.4 Å². The zero-order chi connectivity index (χ0) is 25.4. The number of allylic oxidation sites excluding steroid dienone is 1. The Labute approximate surface area is 207 Å². The van der Waals surface area contributed by atoms with Crippen LogP contribution in [-0.2, 0) is 11.8 Å². The number of aliphatic imine (C=N–C) groups is 1. The molecule has 0 unspecified atom stereocenters. The van der Waals surface area contributed by atoms with Gasteiger partial charge in [0.25, 0.3) is 0 Å². The minimum atomic E-state index is -0.366. The molecule has 2 atom stereocenters. The lowest BCUT2D eigenvalue weighted by atomic mass is 10.0. The molecule has 11 heteroatoms. The van der Waals surface area contributed by atoms with Crippen molar-refractivity contribution in [1.29, 1.82) is 0 Å². The second-order valence-corrected chi connectivity index (χ2v) is 8.77. The fourth-order valence-electron chi connectivity index (χ4n) is 4.81. The highest BCUT2D eigenvalue weighted by atomic mass is 16.5. The first-order chi connectivity index (χ1) is 17.5. The van der Waals surface area contributed by atoms with E-state index in [0.29, 0.717) is 69.9 Å². The van der Waals surface area contributed by atoms with E-state index in [9.17, 15) is 4.79 Å². The third kappa shape index (κ3) is 3.95. The highest BCUT2D eigenvalue weighted by Crippen LogP contribution is 2.38. The predicted molar refractivity (Wildman–Crippen MR) is 137 cm³/mol. The van der Waals surface area contributed by atoms with Crippen LogP contribution >= 0.6 is 0 Å². The van der Waals surface area contributed by atoms with Gasteiger partial charge in [-0.05, 0) is 19.3 Å². The van der Waals surface area contributed by atoms with Crippen molar-refractivity contribution in [3.05, 3.63) is 40.8 Å². The molecule has 188 valence electrons. The molecule has 2 N–H and O–H groups in total. The first-order valence-electron chi connectivity index (χ1n) is 11.9. The molecule has 0 radical (unpaired) electrons. The lowest BCUT2D eigenvalue weighted by Crippen LogP contribution is -2.34. The number of nitrogens with zero attached hydrogens (tertiary/aromatic N) is 6. The molecule has 4 aromatic rings. The van der Waals surface area contributed by atoms with Gasteiger partial charge in [-0.25, -0.2) is 9.78 Å². The molecular formula is C25H29N7O4. The number of hydrogen-bond donors (Lipinski definition) is 1. The predicted octanol–water partition coefficient (Wildman–Crippen LogP) is 3.08. The van der Waals surface area contributed by atoms with Gasteiger partial charge < -0.3 is 19.6 Å². The van der Waals surface area contributed by atoms with Gasteiger partial charge >= 0.3 is 5.69 Å². The molecule has 0 saturated carbocycles. The van der Waals surface area contributed by atoms with Crippen LogP contribution in [0.2, 0.25) is 0 Å². The molecule has 4 aromatic heterocycles. The van der Waals surface area contributed by atoms with E-state index in [1.807, 2.05) is 7.05 Å². The minimum absolute atomic E-state index is 0.0676. The third-order valence-corrected chi connectivity index (χ3v) is 6.55. The van der Waals surface area contributed by atoms with Gasteiger partial charge in [-0.1, -0.05) is 6.92 Å². The zero-order valence-corrected chi connectivity index (χ0v) is 20.8. The number of ether oxygens (including phenoxy) is 2. The standard InChI is InChI=1S/C25H29N7O4/c1-5-17-8-16(6-7-35-17)32-23-22-19(9-18(34-4)20(29-22)14(10-26)11-27-2)36-24(23)21(30-25(32)33)15-12-28-31(3)13-15/h9-13,16-17H,5-8,26H2,1-4H3/t16-,17-/m0/s1. The van der Waals surface area contributed by atoms with E-state index in [2.05, 4.69) is 22.0 Å². The first kappa shape index (κ1) is 23.7. The van der Waals surface area contributed by atoms with E-state index in [-0.39, 0.29) is 17.8 Å². The van der Waals surface area contributed by atoms with Crippen molar-refractivity contribution in [2.75, 3.05) is 20.8 Å². The first-order valence-corrected chi connectivity index (χ1v) is 11.9. The van der Waals surface area contributed by atoms with Crippen LogP contribution in [0.4, 0.5) is 0 Å². The molecule has 0 bridgehead atoms. The summed E-state index contributed by atoms with van der Waals surface area (Å²) in [7, 11) is 5.01.